The summed E-state index contributed by atoms with van der Waals surface area (Å²) in [5.41, 5.74) is 7.93. The van der Waals surface area contributed by atoms with E-state index in [-0.39, 0.29) is 17.8 Å². The van der Waals surface area contributed by atoms with Crippen molar-refractivity contribution < 1.29 is 9.18 Å². The number of anilines is 1. The molecule has 0 radical (unpaired) electrons. The van der Waals surface area contributed by atoms with E-state index in [0.29, 0.717) is 24.1 Å². The van der Waals surface area contributed by atoms with Crippen molar-refractivity contribution in [2.75, 3.05) is 5.32 Å². The molecule has 15 heavy (non-hydrogen) atoms. The van der Waals surface area contributed by atoms with Crippen molar-refractivity contribution in [1.82, 2.24) is 0 Å². The van der Waals surface area contributed by atoms with Crippen LogP contribution in [0.1, 0.15) is 30.5 Å². The van der Waals surface area contributed by atoms with E-state index >= 15 is 0 Å². The highest BCUT2D eigenvalue weighted by Gasteiger charge is 2.20. The number of rotatable bonds is 1. The van der Waals surface area contributed by atoms with E-state index in [1.54, 1.807) is 6.92 Å². The zero-order valence-electron chi connectivity index (χ0n) is 8.51. The molecule has 1 aliphatic rings. The summed E-state index contributed by atoms with van der Waals surface area (Å²) >= 11 is 0. The summed E-state index contributed by atoms with van der Waals surface area (Å²) in [5.74, 6) is -0.326. The van der Waals surface area contributed by atoms with Crippen molar-refractivity contribution in [3.63, 3.8) is 0 Å². The van der Waals surface area contributed by atoms with Gasteiger partial charge in [-0.2, -0.15) is 0 Å². The smallest absolute Gasteiger partial charge is 0.224 e. The lowest BCUT2D eigenvalue weighted by atomic mass is 9.96. The van der Waals surface area contributed by atoms with Crippen LogP contribution in [0.25, 0.3) is 0 Å². The largest absolute Gasteiger partial charge is 0.326 e. The number of aryl methyl sites for hydroxylation is 1. The number of amides is 1. The Morgan fingerprint density at radius 3 is 2.87 bits per heavy atom. The number of nitrogens with one attached hydrogen (secondary N) is 1. The van der Waals surface area contributed by atoms with Crippen LogP contribution in [0.5, 0.6) is 0 Å². The molecule has 0 fully saturated rings. The van der Waals surface area contributed by atoms with E-state index < -0.39 is 0 Å². The van der Waals surface area contributed by atoms with E-state index in [2.05, 4.69) is 5.32 Å². The highest BCUT2D eigenvalue weighted by atomic mass is 19.1. The lowest BCUT2D eigenvalue weighted by Gasteiger charge is -2.22. The minimum absolute atomic E-state index is 0.0315. The molecule has 3 nitrogen and oxygen atoms in total. The van der Waals surface area contributed by atoms with Crippen LogP contribution >= 0.6 is 0 Å². The van der Waals surface area contributed by atoms with Gasteiger partial charge >= 0.3 is 0 Å². The van der Waals surface area contributed by atoms with Crippen molar-refractivity contribution in [1.29, 1.82) is 0 Å². The fourth-order valence-corrected chi connectivity index (χ4v) is 1.85. The van der Waals surface area contributed by atoms with Gasteiger partial charge in [0.05, 0.1) is 0 Å². The number of hydrogen-bond acceptors (Lipinski definition) is 2. The van der Waals surface area contributed by atoms with Gasteiger partial charge in [-0.3, -0.25) is 4.79 Å². The molecule has 0 saturated carbocycles. The first-order valence-corrected chi connectivity index (χ1v) is 4.95. The average molecular weight is 208 g/mol. The molecule has 80 valence electrons. The Morgan fingerprint density at radius 1 is 1.47 bits per heavy atom. The third-order valence-electron chi connectivity index (χ3n) is 2.59. The molecule has 0 saturated heterocycles. The molecule has 1 atom stereocenters. The summed E-state index contributed by atoms with van der Waals surface area (Å²) in [7, 11) is 0. The first kappa shape index (κ1) is 10.1. The minimum Gasteiger partial charge on any atom is -0.326 e. The molecular formula is C11H13FN2O. The van der Waals surface area contributed by atoms with Gasteiger partial charge in [0.25, 0.3) is 0 Å². The molecule has 0 bridgehead atoms. The molecule has 1 aromatic carbocycles. The van der Waals surface area contributed by atoms with Gasteiger partial charge in [-0.1, -0.05) is 0 Å². The summed E-state index contributed by atoms with van der Waals surface area (Å²) in [6.45, 7) is 1.77. The topological polar surface area (TPSA) is 55.1 Å². The zero-order valence-corrected chi connectivity index (χ0v) is 8.51. The monoisotopic (exact) mass is 208 g/mol. The first-order chi connectivity index (χ1) is 7.08. The first-order valence-electron chi connectivity index (χ1n) is 4.95. The normalized spacial score (nSPS) is 16.9. The fourth-order valence-electron chi connectivity index (χ4n) is 1.85. The van der Waals surface area contributed by atoms with Gasteiger partial charge in [0, 0.05) is 18.2 Å². The zero-order chi connectivity index (χ0) is 11.0. The summed E-state index contributed by atoms with van der Waals surface area (Å²) in [6.07, 6.45) is 0.994. The number of halogens is 1. The second-order valence-electron chi connectivity index (χ2n) is 3.87. The molecule has 1 heterocycles. The average Bonchev–Trinajstić information content (AvgIpc) is 2.17. The van der Waals surface area contributed by atoms with E-state index in [9.17, 15) is 9.18 Å². The second-order valence-corrected chi connectivity index (χ2v) is 3.87. The van der Waals surface area contributed by atoms with Gasteiger partial charge in [-0.05, 0) is 36.6 Å². The lowest BCUT2D eigenvalue weighted by molar-refractivity contribution is -0.116. The van der Waals surface area contributed by atoms with Gasteiger partial charge in [-0.15, -0.1) is 0 Å². The molecule has 1 aliphatic heterocycles. The Hall–Kier alpha value is -1.42. The van der Waals surface area contributed by atoms with Crippen LogP contribution in [0.3, 0.4) is 0 Å². The lowest BCUT2D eigenvalue weighted by Crippen LogP contribution is -2.22. The van der Waals surface area contributed by atoms with Crippen LogP contribution in [0.2, 0.25) is 0 Å². The van der Waals surface area contributed by atoms with Crippen molar-refractivity contribution in [2.45, 2.75) is 25.8 Å². The maximum atomic E-state index is 13.2. The summed E-state index contributed by atoms with van der Waals surface area (Å²) in [4.78, 5) is 11.2. The predicted octanol–water partition coefficient (Wildman–Crippen LogP) is 1.73. The summed E-state index contributed by atoms with van der Waals surface area (Å²) in [6, 6.07) is 2.56. The number of fused-ring (bicyclic) bond motifs is 1. The summed E-state index contributed by atoms with van der Waals surface area (Å²) < 4.78 is 13.2. The molecule has 1 aromatic rings. The Balaban J connectivity index is 2.55. The Kier molecular flexibility index (Phi) is 2.44. The van der Waals surface area contributed by atoms with Crippen LogP contribution in [0, 0.1) is 5.82 Å². The van der Waals surface area contributed by atoms with Gasteiger partial charge in [0.2, 0.25) is 5.91 Å². The molecule has 1 amide bonds. The number of benzene rings is 1. The molecule has 0 spiro atoms. The molecule has 0 aliphatic carbocycles. The Morgan fingerprint density at radius 2 is 2.20 bits per heavy atom. The molecule has 0 aromatic heterocycles. The summed E-state index contributed by atoms with van der Waals surface area (Å²) in [5, 5.41) is 2.75. The van der Waals surface area contributed by atoms with Crippen molar-refractivity contribution in [2.24, 2.45) is 5.73 Å². The van der Waals surface area contributed by atoms with Crippen LogP contribution < -0.4 is 11.1 Å². The van der Waals surface area contributed by atoms with Crippen molar-refractivity contribution in [3.05, 3.63) is 29.1 Å². The highest BCUT2D eigenvalue weighted by molar-refractivity contribution is 5.94. The maximum absolute atomic E-state index is 13.2. The quantitative estimate of drug-likeness (QED) is 0.738. The van der Waals surface area contributed by atoms with Crippen LogP contribution in [0.4, 0.5) is 10.1 Å². The second kappa shape index (κ2) is 3.62. The molecule has 4 heteroatoms. The molecular weight excluding hydrogens is 195 g/mol. The van der Waals surface area contributed by atoms with Crippen molar-refractivity contribution >= 4 is 11.6 Å². The molecule has 1 unspecified atom stereocenters. The number of carbonyl (C=O) groups is 1. The number of hydrogen-bond donors (Lipinski definition) is 2. The van der Waals surface area contributed by atoms with Crippen LogP contribution in [-0.4, -0.2) is 5.91 Å². The fraction of sp³-hybridized carbons (Fsp3) is 0.364. The third-order valence-corrected chi connectivity index (χ3v) is 2.59. The SMILES string of the molecule is CC(N)c1cc(F)cc2c1NC(=O)CC2. The van der Waals surface area contributed by atoms with Gasteiger partial charge in [0.1, 0.15) is 5.82 Å². The number of nitrogens with two attached hydrogens (primary N) is 1. The van der Waals surface area contributed by atoms with E-state index in [1.165, 1.54) is 12.1 Å². The predicted molar refractivity (Wildman–Crippen MR) is 56.0 cm³/mol. The van der Waals surface area contributed by atoms with Crippen LogP contribution in [0.15, 0.2) is 12.1 Å². The third kappa shape index (κ3) is 1.85. The van der Waals surface area contributed by atoms with Gasteiger partial charge < -0.3 is 11.1 Å². The number of carbonyl (C=O) groups excluding carboxylic acids is 1. The highest BCUT2D eigenvalue weighted by Crippen LogP contribution is 2.30. The Bertz CT molecular complexity index is 415. The standard InChI is InChI=1S/C11H13FN2O/c1-6(13)9-5-8(12)4-7-2-3-10(15)14-11(7)9/h4-6H,2-3,13H2,1H3,(H,14,15). The van der Waals surface area contributed by atoms with E-state index in [1.807, 2.05) is 0 Å². The van der Waals surface area contributed by atoms with Crippen LogP contribution in [-0.2, 0) is 11.2 Å². The molecule has 3 N–H and O–H groups in total. The minimum atomic E-state index is -0.294. The Labute approximate surface area is 87.5 Å². The van der Waals surface area contributed by atoms with Gasteiger partial charge in [0.15, 0.2) is 0 Å². The van der Waals surface area contributed by atoms with E-state index in [4.69, 9.17) is 5.73 Å². The van der Waals surface area contributed by atoms with Gasteiger partial charge in [-0.25, -0.2) is 4.39 Å². The van der Waals surface area contributed by atoms with Crippen molar-refractivity contribution in [3.8, 4) is 0 Å². The van der Waals surface area contributed by atoms with E-state index in [0.717, 1.165) is 5.56 Å². The molecule has 2 rings (SSSR count). The maximum Gasteiger partial charge on any atom is 0.224 e.